The minimum absolute atomic E-state index is 0.191. The topological polar surface area (TPSA) is 26.3 Å². The van der Waals surface area contributed by atoms with Crippen LogP contribution in [0.3, 0.4) is 0 Å². The third-order valence-corrected chi connectivity index (χ3v) is 2.84. The van der Waals surface area contributed by atoms with Crippen molar-refractivity contribution in [1.29, 1.82) is 0 Å². The largest absolute Gasteiger partial charge is 0.492 e. The van der Waals surface area contributed by atoms with Crippen molar-refractivity contribution >= 4 is 21.7 Å². The van der Waals surface area contributed by atoms with E-state index in [1.807, 2.05) is 6.07 Å². The van der Waals surface area contributed by atoms with Gasteiger partial charge < -0.3 is 4.74 Å². The number of rotatable bonds is 2. The standard InChI is InChI=1S/C11H11BrO2/c1-7(13)4-8-5-9-2-3-14-11(9)10(12)6-8/h5-6H,2-4H2,1H3. The van der Waals surface area contributed by atoms with Crippen LogP contribution in [0.25, 0.3) is 0 Å². The van der Waals surface area contributed by atoms with Crippen molar-refractivity contribution in [3.63, 3.8) is 0 Å². The van der Waals surface area contributed by atoms with Crippen LogP contribution in [0.15, 0.2) is 16.6 Å². The van der Waals surface area contributed by atoms with Crippen molar-refractivity contribution in [3.8, 4) is 5.75 Å². The molecule has 0 saturated heterocycles. The maximum Gasteiger partial charge on any atom is 0.136 e. The summed E-state index contributed by atoms with van der Waals surface area (Å²) in [5, 5.41) is 0. The number of benzene rings is 1. The maximum atomic E-state index is 11.0. The highest BCUT2D eigenvalue weighted by molar-refractivity contribution is 9.10. The zero-order valence-corrected chi connectivity index (χ0v) is 9.56. The van der Waals surface area contributed by atoms with Crippen molar-refractivity contribution in [2.75, 3.05) is 6.61 Å². The molecule has 0 spiro atoms. The predicted molar refractivity (Wildman–Crippen MR) is 57.7 cm³/mol. The first-order valence-corrected chi connectivity index (χ1v) is 5.39. The minimum Gasteiger partial charge on any atom is -0.492 e. The number of hydrogen-bond acceptors (Lipinski definition) is 2. The summed E-state index contributed by atoms with van der Waals surface area (Å²) in [6.07, 6.45) is 1.45. The van der Waals surface area contributed by atoms with Crippen LogP contribution in [0.1, 0.15) is 18.1 Å². The number of Topliss-reactive ketones (excluding diaryl/α,β-unsaturated/α-hetero) is 1. The van der Waals surface area contributed by atoms with Gasteiger partial charge in [0.15, 0.2) is 0 Å². The van der Waals surface area contributed by atoms with Crippen LogP contribution in [0.2, 0.25) is 0 Å². The van der Waals surface area contributed by atoms with E-state index in [4.69, 9.17) is 4.74 Å². The van der Waals surface area contributed by atoms with E-state index in [0.717, 1.165) is 28.8 Å². The number of hydrogen-bond donors (Lipinski definition) is 0. The van der Waals surface area contributed by atoms with Gasteiger partial charge in [0.1, 0.15) is 11.5 Å². The monoisotopic (exact) mass is 254 g/mol. The molecule has 0 atom stereocenters. The second-order valence-electron chi connectivity index (χ2n) is 3.54. The molecule has 0 radical (unpaired) electrons. The molecule has 14 heavy (non-hydrogen) atoms. The predicted octanol–water partition coefficient (Wildman–Crippen LogP) is 2.52. The molecule has 2 nitrogen and oxygen atoms in total. The lowest BCUT2D eigenvalue weighted by atomic mass is 10.0. The van der Waals surface area contributed by atoms with Crippen LogP contribution < -0.4 is 4.74 Å². The summed E-state index contributed by atoms with van der Waals surface area (Å²) < 4.78 is 6.42. The highest BCUT2D eigenvalue weighted by atomic mass is 79.9. The first kappa shape index (κ1) is 9.71. The van der Waals surface area contributed by atoms with E-state index in [9.17, 15) is 4.79 Å². The lowest BCUT2D eigenvalue weighted by Gasteiger charge is -2.05. The molecule has 1 aliphatic heterocycles. The molecule has 0 saturated carbocycles. The van der Waals surface area contributed by atoms with E-state index in [-0.39, 0.29) is 5.78 Å². The Morgan fingerprint density at radius 3 is 3.07 bits per heavy atom. The van der Waals surface area contributed by atoms with E-state index in [1.54, 1.807) is 6.92 Å². The molecule has 0 N–H and O–H groups in total. The fraction of sp³-hybridized carbons (Fsp3) is 0.364. The second-order valence-corrected chi connectivity index (χ2v) is 4.40. The van der Waals surface area contributed by atoms with E-state index in [1.165, 1.54) is 5.56 Å². The van der Waals surface area contributed by atoms with Gasteiger partial charge in [0.05, 0.1) is 11.1 Å². The fourth-order valence-electron chi connectivity index (χ4n) is 1.71. The summed E-state index contributed by atoms with van der Waals surface area (Å²) in [6.45, 7) is 2.36. The molecule has 0 aliphatic carbocycles. The highest BCUT2D eigenvalue weighted by Gasteiger charge is 2.16. The number of fused-ring (bicyclic) bond motifs is 1. The Morgan fingerprint density at radius 2 is 2.36 bits per heavy atom. The normalized spacial score (nSPS) is 13.6. The molecule has 1 aromatic rings. The van der Waals surface area contributed by atoms with E-state index < -0.39 is 0 Å². The van der Waals surface area contributed by atoms with Crippen LogP contribution in [0, 0.1) is 0 Å². The molecule has 2 rings (SSSR count). The average Bonchev–Trinajstić information content (AvgIpc) is 2.50. The second kappa shape index (κ2) is 3.73. The van der Waals surface area contributed by atoms with Crippen LogP contribution in [0.5, 0.6) is 5.75 Å². The molecule has 0 aromatic heterocycles. The fourth-order valence-corrected chi connectivity index (χ4v) is 2.38. The van der Waals surface area contributed by atoms with E-state index >= 15 is 0 Å². The lowest BCUT2D eigenvalue weighted by Crippen LogP contribution is -1.97. The minimum atomic E-state index is 0.191. The van der Waals surface area contributed by atoms with Crippen molar-refractivity contribution < 1.29 is 9.53 Å². The highest BCUT2D eigenvalue weighted by Crippen LogP contribution is 2.34. The quantitative estimate of drug-likeness (QED) is 0.811. The Hall–Kier alpha value is -0.830. The van der Waals surface area contributed by atoms with Crippen molar-refractivity contribution in [2.45, 2.75) is 19.8 Å². The van der Waals surface area contributed by atoms with Crippen molar-refractivity contribution in [3.05, 3.63) is 27.7 Å². The Balaban J connectivity index is 2.36. The van der Waals surface area contributed by atoms with Crippen LogP contribution in [-0.2, 0) is 17.6 Å². The Labute approximate surface area is 91.4 Å². The van der Waals surface area contributed by atoms with Gasteiger partial charge in [-0.15, -0.1) is 0 Å². The Kier molecular flexibility index (Phi) is 2.59. The van der Waals surface area contributed by atoms with E-state index in [0.29, 0.717) is 6.42 Å². The molecule has 0 bridgehead atoms. The van der Waals surface area contributed by atoms with Gasteiger partial charge in [-0.1, -0.05) is 6.07 Å². The Bertz CT molecular complexity index is 385. The number of carbonyl (C=O) groups excluding carboxylic acids is 1. The number of halogens is 1. The molecule has 0 amide bonds. The van der Waals surface area contributed by atoms with Gasteiger partial charge in [-0.2, -0.15) is 0 Å². The molecule has 1 aromatic carbocycles. The molecule has 0 unspecified atom stereocenters. The van der Waals surface area contributed by atoms with Crippen LogP contribution in [0.4, 0.5) is 0 Å². The number of ether oxygens (including phenoxy) is 1. The summed E-state index contributed by atoms with van der Waals surface area (Å²) in [7, 11) is 0. The molecule has 0 fully saturated rings. The third kappa shape index (κ3) is 1.82. The summed E-state index contributed by atoms with van der Waals surface area (Å²) >= 11 is 3.45. The van der Waals surface area contributed by atoms with Crippen molar-refractivity contribution in [2.24, 2.45) is 0 Å². The average molecular weight is 255 g/mol. The van der Waals surface area contributed by atoms with Crippen LogP contribution in [-0.4, -0.2) is 12.4 Å². The first-order chi connectivity index (χ1) is 6.66. The molecule has 3 heteroatoms. The SMILES string of the molecule is CC(=O)Cc1cc(Br)c2c(c1)CCO2. The van der Waals surface area contributed by atoms with Gasteiger partial charge in [0.25, 0.3) is 0 Å². The zero-order chi connectivity index (χ0) is 10.1. The van der Waals surface area contributed by atoms with Gasteiger partial charge in [-0.05, 0) is 40.0 Å². The third-order valence-electron chi connectivity index (χ3n) is 2.25. The zero-order valence-electron chi connectivity index (χ0n) is 7.97. The summed E-state index contributed by atoms with van der Waals surface area (Å²) in [4.78, 5) is 11.0. The summed E-state index contributed by atoms with van der Waals surface area (Å²) in [6, 6.07) is 4.03. The van der Waals surface area contributed by atoms with Gasteiger partial charge in [0, 0.05) is 12.8 Å². The number of ketones is 1. The number of carbonyl (C=O) groups is 1. The Morgan fingerprint density at radius 1 is 1.57 bits per heavy atom. The summed E-state index contributed by atoms with van der Waals surface area (Å²) in [5.74, 6) is 1.13. The van der Waals surface area contributed by atoms with Gasteiger partial charge in [0.2, 0.25) is 0 Å². The van der Waals surface area contributed by atoms with Crippen LogP contribution >= 0.6 is 15.9 Å². The first-order valence-electron chi connectivity index (χ1n) is 4.60. The molecular weight excluding hydrogens is 244 g/mol. The smallest absolute Gasteiger partial charge is 0.136 e. The molecule has 74 valence electrons. The maximum absolute atomic E-state index is 11.0. The van der Waals surface area contributed by atoms with E-state index in [2.05, 4.69) is 22.0 Å². The molecule has 1 aliphatic rings. The molecule has 1 heterocycles. The van der Waals surface area contributed by atoms with Gasteiger partial charge in [-0.25, -0.2) is 0 Å². The van der Waals surface area contributed by atoms with Crippen molar-refractivity contribution in [1.82, 2.24) is 0 Å². The molecular formula is C11H11BrO2. The lowest BCUT2D eigenvalue weighted by molar-refractivity contribution is -0.116. The van der Waals surface area contributed by atoms with Gasteiger partial charge >= 0.3 is 0 Å². The van der Waals surface area contributed by atoms with Gasteiger partial charge in [-0.3, -0.25) is 4.79 Å². The summed E-state index contributed by atoms with van der Waals surface area (Å²) in [5.41, 5.74) is 2.27.